The minimum Gasteiger partial charge on any atom is -0.462 e. The van der Waals surface area contributed by atoms with E-state index in [1.165, 1.54) is 103 Å². The van der Waals surface area contributed by atoms with Gasteiger partial charge >= 0.3 is 11.9 Å². The molecule has 2 unspecified atom stereocenters. The minimum absolute atomic E-state index is 0.0862. The molecule has 0 saturated heterocycles. The quantitative estimate of drug-likeness (QED) is 0.0459. The van der Waals surface area contributed by atoms with Crippen LogP contribution in [0, 0.1) is 11.8 Å². The van der Waals surface area contributed by atoms with Crippen LogP contribution in [0.3, 0.4) is 0 Å². The van der Waals surface area contributed by atoms with Crippen LogP contribution in [0.5, 0.6) is 0 Å². The molecule has 0 N–H and O–H groups in total. The molecule has 0 aliphatic carbocycles. The third-order valence-electron chi connectivity index (χ3n) is 8.12. The zero-order valence-electron chi connectivity index (χ0n) is 29.2. The van der Waals surface area contributed by atoms with E-state index in [2.05, 4.69) is 47.3 Å². The van der Waals surface area contributed by atoms with E-state index in [4.69, 9.17) is 13.9 Å². The van der Waals surface area contributed by atoms with Crippen LogP contribution >= 0.6 is 0 Å². The number of hydrogen-bond donors (Lipinski definition) is 0. The molecule has 0 aliphatic heterocycles. The first kappa shape index (κ1) is 41.1. The second kappa shape index (κ2) is 27.7. The number of esters is 2. The highest BCUT2D eigenvalue weighted by Gasteiger charge is 2.22. The number of carbonyl (C=O) groups is 2. The van der Waals surface area contributed by atoms with Crippen molar-refractivity contribution in [1.82, 2.24) is 0 Å². The summed E-state index contributed by atoms with van der Waals surface area (Å²) in [7, 11) is -1.77. The van der Waals surface area contributed by atoms with Gasteiger partial charge < -0.3 is 13.9 Å². The Kier molecular flexibility index (Phi) is 27.1. The molecule has 2 atom stereocenters. The van der Waals surface area contributed by atoms with Crippen molar-refractivity contribution in [3.63, 3.8) is 0 Å². The zero-order chi connectivity index (χ0) is 31.5. The predicted octanol–water partition coefficient (Wildman–Crippen LogP) is 11.2. The van der Waals surface area contributed by atoms with Crippen molar-refractivity contribution >= 4 is 20.3 Å². The predicted molar refractivity (Wildman–Crippen MR) is 181 cm³/mol. The lowest BCUT2D eigenvalue weighted by atomic mass is 9.99. The summed E-state index contributed by atoms with van der Waals surface area (Å²) < 4.78 is 17.2. The van der Waals surface area contributed by atoms with Gasteiger partial charge in [-0.05, 0) is 44.3 Å². The Morgan fingerprint density at radius 3 is 1.45 bits per heavy atom. The molecule has 0 fully saturated rings. The SMILES string of the molecule is CCC(C)CCCCCCCCCCC(=O)OC(COC(=O)CCCCCCCCCCCC(C)C)CO[Si](C)(C)C. The molecule has 42 heavy (non-hydrogen) atoms. The smallest absolute Gasteiger partial charge is 0.306 e. The number of rotatable bonds is 30. The molecule has 6 heteroatoms. The molecule has 0 aromatic rings. The summed E-state index contributed by atoms with van der Waals surface area (Å²) >= 11 is 0. The van der Waals surface area contributed by atoms with Gasteiger partial charge in [-0.1, -0.05) is 143 Å². The summed E-state index contributed by atoms with van der Waals surface area (Å²) in [4.78, 5) is 24.8. The molecule has 5 nitrogen and oxygen atoms in total. The van der Waals surface area contributed by atoms with Crippen molar-refractivity contribution in [3.05, 3.63) is 0 Å². The largest absolute Gasteiger partial charge is 0.462 e. The highest BCUT2D eigenvalue weighted by Crippen LogP contribution is 2.16. The minimum atomic E-state index is -1.77. The maximum absolute atomic E-state index is 12.5. The van der Waals surface area contributed by atoms with Gasteiger partial charge in [-0.3, -0.25) is 9.59 Å². The van der Waals surface area contributed by atoms with Gasteiger partial charge in [-0.15, -0.1) is 0 Å². The van der Waals surface area contributed by atoms with E-state index >= 15 is 0 Å². The maximum Gasteiger partial charge on any atom is 0.306 e. The van der Waals surface area contributed by atoms with Crippen molar-refractivity contribution in [2.45, 2.75) is 195 Å². The van der Waals surface area contributed by atoms with Crippen molar-refractivity contribution < 1.29 is 23.5 Å². The third kappa shape index (κ3) is 30.6. The Morgan fingerprint density at radius 1 is 0.571 bits per heavy atom. The second-order valence-electron chi connectivity index (χ2n) is 14.2. The van der Waals surface area contributed by atoms with E-state index in [0.29, 0.717) is 19.4 Å². The van der Waals surface area contributed by atoms with Crippen LogP contribution in [0.4, 0.5) is 0 Å². The molecule has 0 radical (unpaired) electrons. The number of ether oxygens (including phenoxy) is 2. The lowest BCUT2D eigenvalue weighted by molar-refractivity contribution is -0.161. The average Bonchev–Trinajstić information content (AvgIpc) is 2.93. The normalized spacial score (nSPS) is 13.3. The first-order valence-electron chi connectivity index (χ1n) is 18.0. The van der Waals surface area contributed by atoms with E-state index < -0.39 is 14.4 Å². The fourth-order valence-electron chi connectivity index (χ4n) is 5.05. The first-order valence-corrected chi connectivity index (χ1v) is 21.4. The van der Waals surface area contributed by atoms with Crippen LogP contribution in [-0.4, -0.2) is 39.6 Å². The molecular weight excluding hydrogens is 540 g/mol. The van der Waals surface area contributed by atoms with Gasteiger partial charge in [0.05, 0.1) is 6.61 Å². The fourth-order valence-corrected chi connectivity index (χ4v) is 5.73. The summed E-state index contributed by atoms with van der Waals surface area (Å²) in [6.45, 7) is 15.9. The summed E-state index contributed by atoms with van der Waals surface area (Å²) in [5, 5.41) is 0. The van der Waals surface area contributed by atoms with E-state index in [-0.39, 0.29) is 18.5 Å². The molecule has 0 saturated carbocycles. The van der Waals surface area contributed by atoms with Crippen LogP contribution in [0.15, 0.2) is 0 Å². The van der Waals surface area contributed by atoms with Gasteiger partial charge in [0.15, 0.2) is 14.4 Å². The third-order valence-corrected chi connectivity index (χ3v) is 9.15. The Morgan fingerprint density at radius 2 is 1.00 bits per heavy atom. The maximum atomic E-state index is 12.5. The van der Waals surface area contributed by atoms with E-state index in [9.17, 15) is 9.59 Å². The van der Waals surface area contributed by atoms with Gasteiger partial charge in [0.25, 0.3) is 0 Å². The van der Waals surface area contributed by atoms with Gasteiger partial charge in [-0.2, -0.15) is 0 Å². The summed E-state index contributed by atoms with van der Waals surface area (Å²) in [6.07, 6.45) is 25.1. The highest BCUT2D eigenvalue weighted by molar-refractivity contribution is 6.69. The van der Waals surface area contributed by atoms with Gasteiger partial charge in [-0.25, -0.2) is 0 Å². The standard InChI is InChI=1S/C36H72O5Si/c1-8-33(4)27-23-19-15-12-13-17-21-25-29-36(38)41-34(31-40-42(5,6)7)30-39-35(37)28-24-20-16-11-9-10-14-18-22-26-32(2)3/h32-34H,8-31H2,1-7H3. The summed E-state index contributed by atoms with van der Waals surface area (Å²) in [6, 6.07) is 0. The number of unbranched alkanes of at least 4 members (excludes halogenated alkanes) is 15. The molecule has 0 spiro atoms. The molecule has 250 valence electrons. The molecule has 0 amide bonds. The summed E-state index contributed by atoms with van der Waals surface area (Å²) in [5.41, 5.74) is 0. The number of carbonyl (C=O) groups excluding carboxylic acids is 2. The van der Waals surface area contributed by atoms with Crippen LogP contribution in [0.1, 0.15) is 169 Å². The Labute approximate surface area is 263 Å². The molecular formula is C36H72O5Si. The topological polar surface area (TPSA) is 61.8 Å². The van der Waals surface area contributed by atoms with Crippen LogP contribution in [-0.2, 0) is 23.5 Å². The molecule has 0 aliphatic rings. The lowest BCUT2D eigenvalue weighted by Gasteiger charge is -2.23. The lowest BCUT2D eigenvalue weighted by Crippen LogP contribution is -2.35. The van der Waals surface area contributed by atoms with Crippen LogP contribution < -0.4 is 0 Å². The van der Waals surface area contributed by atoms with Gasteiger partial charge in [0.2, 0.25) is 0 Å². The van der Waals surface area contributed by atoms with Crippen molar-refractivity contribution in [1.29, 1.82) is 0 Å². The average molecular weight is 613 g/mol. The molecule has 0 aromatic heterocycles. The Hall–Kier alpha value is -0.883. The molecule has 0 bridgehead atoms. The summed E-state index contributed by atoms with van der Waals surface area (Å²) in [5.74, 6) is 1.28. The molecule has 0 heterocycles. The van der Waals surface area contributed by atoms with Crippen LogP contribution in [0.25, 0.3) is 0 Å². The van der Waals surface area contributed by atoms with Crippen molar-refractivity contribution in [3.8, 4) is 0 Å². The van der Waals surface area contributed by atoms with Gasteiger partial charge in [0, 0.05) is 12.8 Å². The first-order chi connectivity index (χ1) is 20.0. The Balaban J connectivity index is 4.00. The Bertz CT molecular complexity index is 631. The van der Waals surface area contributed by atoms with Crippen molar-refractivity contribution in [2.75, 3.05) is 13.2 Å². The monoisotopic (exact) mass is 613 g/mol. The number of hydrogen-bond acceptors (Lipinski definition) is 5. The van der Waals surface area contributed by atoms with E-state index in [0.717, 1.165) is 37.5 Å². The second-order valence-corrected chi connectivity index (χ2v) is 18.7. The molecule has 0 aromatic carbocycles. The van der Waals surface area contributed by atoms with Crippen LogP contribution in [0.2, 0.25) is 19.6 Å². The van der Waals surface area contributed by atoms with Gasteiger partial charge in [0.1, 0.15) is 6.61 Å². The van der Waals surface area contributed by atoms with Crippen molar-refractivity contribution in [2.24, 2.45) is 11.8 Å². The zero-order valence-corrected chi connectivity index (χ0v) is 30.2. The van der Waals surface area contributed by atoms with E-state index in [1.807, 2.05) is 0 Å². The van der Waals surface area contributed by atoms with E-state index in [1.54, 1.807) is 0 Å². The fraction of sp³-hybridized carbons (Fsp3) is 0.944. The molecule has 0 rings (SSSR count). The highest BCUT2D eigenvalue weighted by atomic mass is 28.4.